The minimum atomic E-state index is 0. The van der Waals surface area contributed by atoms with E-state index in [1.54, 1.807) is 0 Å². The molecule has 2 heteroatoms. The fourth-order valence-corrected chi connectivity index (χ4v) is 8.23. The van der Waals surface area contributed by atoms with E-state index in [1.807, 2.05) is 0 Å². The Kier molecular flexibility index (Phi) is 10.8. The Hall–Kier alpha value is -8.20. The smallest absolute Gasteiger partial charge is 0.0462 e. The highest BCUT2D eigenvalue weighted by Gasteiger charge is 2.16. The topological polar surface area (TPSA) is 6.48 Å². The molecule has 0 aromatic heterocycles. The van der Waals surface area contributed by atoms with E-state index in [-0.39, 0.29) is 1.43 Å². The molecule has 0 amide bonds. The molecule has 0 radical (unpaired) electrons. The molecule has 0 aliphatic heterocycles. The lowest BCUT2D eigenvalue weighted by atomic mass is 10.00. The molecule has 10 rings (SSSR count). The highest BCUT2D eigenvalue weighted by Crippen LogP contribution is 2.40. The summed E-state index contributed by atoms with van der Waals surface area (Å²) < 4.78 is 0. The number of hydrogen-bond donors (Lipinski definition) is 0. The van der Waals surface area contributed by atoms with Crippen LogP contribution in [0.15, 0.2) is 267 Å². The fourth-order valence-electron chi connectivity index (χ4n) is 8.23. The number of para-hydroxylation sites is 1. The van der Waals surface area contributed by atoms with Crippen LogP contribution in [0.3, 0.4) is 0 Å². The summed E-state index contributed by atoms with van der Waals surface area (Å²) >= 11 is 0. The minimum absolute atomic E-state index is 0. The van der Waals surface area contributed by atoms with Crippen molar-refractivity contribution in [3.63, 3.8) is 0 Å². The van der Waals surface area contributed by atoms with Gasteiger partial charge in [0, 0.05) is 35.6 Å². The van der Waals surface area contributed by atoms with Crippen LogP contribution < -0.4 is 9.80 Å². The second-order valence-corrected chi connectivity index (χ2v) is 15.4. The van der Waals surface area contributed by atoms with E-state index in [1.165, 1.54) is 44.5 Å². The van der Waals surface area contributed by atoms with Crippen LogP contribution in [-0.2, 0) is 0 Å². The van der Waals surface area contributed by atoms with Crippen molar-refractivity contribution in [1.82, 2.24) is 0 Å². The third-order valence-corrected chi connectivity index (χ3v) is 11.5. The maximum atomic E-state index is 2.33. The summed E-state index contributed by atoms with van der Waals surface area (Å²) in [7, 11) is 0. The van der Waals surface area contributed by atoms with Crippen LogP contribution in [0.2, 0.25) is 0 Å². The van der Waals surface area contributed by atoms with Gasteiger partial charge in [-0.1, -0.05) is 194 Å². The lowest BCUT2D eigenvalue weighted by Gasteiger charge is -2.26. The molecule has 0 atom stereocenters. The van der Waals surface area contributed by atoms with E-state index >= 15 is 0 Å². The molecule has 0 spiro atoms. The summed E-state index contributed by atoms with van der Waals surface area (Å²) in [5, 5.41) is 0. The highest BCUT2D eigenvalue weighted by atomic mass is 15.1. The van der Waals surface area contributed by atoms with E-state index in [0.717, 1.165) is 45.3 Å². The van der Waals surface area contributed by atoms with Gasteiger partial charge in [-0.3, -0.25) is 0 Å². The van der Waals surface area contributed by atoms with Gasteiger partial charge in [0.25, 0.3) is 0 Å². The SMILES string of the molecule is [HH].c1ccc(-c2ccc(-c3ccc(N(c4ccccc4)c4ccc(-c5ccc(N(c6ccc(-c7ccccc7)cc6)c6ccc(-c7ccccc7)cc6)cc5)cc4)cc3)cc2)cc1. The monoisotopic (exact) mass is 794 g/mol. The standard InChI is InChI=1S/C60H44N2.H2/c1-5-13-45(14-6-1)48-21-23-49(24-22-48)52-29-39-56(40-30-52)61(55-19-11-4-12-20-55)57-41-31-53(32-42-57)54-33-43-60(44-34-54)62(58-35-25-50(26-36-58)46-15-7-2-8-16-46)59-37-27-51(28-38-59)47-17-9-3-10-18-47;/h1-44H;1H. The first kappa shape index (κ1) is 38.0. The normalized spacial score (nSPS) is 10.9. The quantitative estimate of drug-likeness (QED) is 0.129. The molecule has 0 fully saturated rings. The van der Waals surface area contributed by atoms with E-state index in [2.05, 4.69) is 277 Å². The Balaban J connectivity index is 0.00000504. The number of rotatable bonds is 11. The maximum absolute atomic E-state index is 2.33. The molecule has 0 saturated carbocycles. The summed E-state index contributed by atoms with van der Waals surface area (Å²) in [6.07, 6.45) is 0. The second-order valence-electron chi connectivity index (χ2n) is 15.4. The van der Waals surface area contributed by atoms with E-state index in [4.69, 9.17) is 0 Å². The van der Waals surface area contributed by atoms with Crippen LogP contribution in [0.5, 0.6) is 0 Å². The summed E-state index contributed by atoms with van der Waals surface area (Å²) in [4.78, 5) is 4.65. The average molecular weight is 795 g/mol. The van der Waals surface area contributed by atoms with Crippen molar-refractivity contribution in [2.45, 2.75) is 0 Å². The lowest BCUT2D eigenvalue weighted by Crippen LogP contribution is -2.10. The Labute approximate surface area is 366 Å². The Morgan fingerprint density at radius 1 is 0.145 bits per heavy atom. The van der Waals surface area contributed by atoms with Crippen molar-refractivity contribution in [3.05, 3.63) is 267 Å². The average Bonchev–Trinajstić information content (AvgIpc) is 3.36. The van der Waals surface area contributed by atoms with E-state index in [9.17, 15) is 0 Å². The molecule has 0 bridgehead atoms. The van der Waals surface area contributed by atoms with Gasteiger partial charge in [-0.05, 0) is 128 Å². The van der Waals surface area contributed by atoms with Crippen molar-refractivity contribution >= 4 is 34.1 Å². The highest BCUT2D eigenvalue weighted by molar-refractivity contribution is 5.83. The first-order valence-electron chi connectivity index (χ1n) is 21.2. The van der Waals surface area contributed by atoms with Crippen LogP contribution in [0.25, 0.3) is 55.6 Å². The molecule has 10 aromatic carbocycles. The van der Waals surface area contributed by atoms with Gasteiger partial charge in [-0.15, -0.1) is 0 Å². The van der Waals surface area contributed by atoms with Crippen LogP contribution in [0.4, 0.5) is 34.1 Å². The van der Waals surface area contributed by atoms with Crippen molar-refractivity contribution in [2.24, 2.45) is 0 Å². The molecular formula is C60H46N2. The molecule has 0 unspecified atom stereocenters. The van der Waals surface area contributed by atoms with Gasteiger partial charge in [-0.2, -0.15) is 0 Å². The van der Waals surface area contributed by atoms with Gasteiger partial charge in [0.15, 0.2) is 0 Å². The first-order chi connectivity index (χ1) is 30.7. The van der Waals surface area contributed by atoms with Gasteiger partial charge in [0.2, 0.25) is 0 Å². The zero-order valence-corrected chi connectivity index (χ0v) is 34.3. The predicted octanol–water partition coefficient (Wildman–Crippen LogP) is 17.2. The van der Waals surface area contributed by atoms with Crippen LogP contribution >= 0.6 is 0 Å². The van der Waals surface area contributed by atoms with Gasteiger partial charge in [-0.25, -0.2) is 0 Å². The first-order valence-corrected chi connectivity index (χ1v) is 21.2. The van der Waals surface area contributed by atoms with E-state index in [0.29, 0.717) is 0 Å². The second kappa shape index (κ2) is 17.6. The molecule has 0 aliphatic carbocycles. The molecule has 2 nitrogen and oxygen atoms in total. The number of anilines is 6. The molecular weight excluding hydrogens is 749 g/mol. The summed E-state index contributed by atoms with van der Waals surface area (Å²) in [5.74, 6) is 0. The molecule has 0 heterocycles. The van der Waals surface area contributed by atoms with Crippen molar-refractivity contribution in [3.8, 4) is 55.6 Å². The lowest BCUT2D eigenvalue weighted by molar-refractivity contribution is 1.28. The molecule has 62 heavy (non-hydrogen) atoms. The Bertz CT molecular complexity index is 2890. The largest absolute Gasteiger partial charge is 0.311 e. The molecule has 0 N–H and O–H groups in total. The van der Waals surface area contributed by atoms with Gasteiger partial charge >= 0.3 is 0 Å². The summed E-state index contributed by atoms with van der Waals surface area (Å²) in [6, 6.07) is 95.5. The zero-order valence-electron chi connectivity index (χ0n) is 34.3. The van der Waals surface area contributed by atoms with Crippen LogP contribution in [0, 0.1) is 0 Å². The summed E-state index contributed by atoms with van der Waals surface area (Å²) in [6.45, 7) is 0. The van der Waals surface area contributed by atoms with E-state index < -0.39 is 0 Å². The molecule has 296 valence electrons. The van der Waals surface area contributed by atoms with Gasteiger partial charge in [0.1, 0.15) is 0 Å². The third-order valence-electron chi connectivity index (χ3n) is 11.5. The number of hydrogen-bond acceptors (Lipinski definition) is 2. The predicted molar refractivity (Wildman–Crippen MR) is 265 cm³/mol. The van der Waals surface area contributed by atoms with Crippen molar-refractivity contribution in [2.75, 3.05) is 9.80 Å². The van der Waals surface area contributed by atoms with Gasteiger partial charge < -0.3 is 9.80 Å². The molecule has 10 aromatic rings. The fraction of sp³-hybridized carbons (Fsp3) is 0. The van der Waals surface area contributed by atoms with Crippen molar-refractivity contribution in [1.29, 1.82) is 0 Å². The van der Waals surface area contributed by atoms with Crippen molar-refractivity contribution < 1.29 is 1.43 Å². The number of benzene rings is 10. The summed E-state index contributed by atoms with van der Waals surface area (Å²) in [5.41, 5.74) is 18.6. The minimum Gasteiger partial charge on any atom is -0.311 e. The zero-order chi connectivity index (χ0) is 41.5. The Morgan fingerprint density at radius 2 is 0.290 bits per heavy atom. The molecule has 0 saturated heterocycles. The third kappa shape index (κ3) is 8.18. The van der Waals surface area contributed by atoms with Crippen LogP contribution in [-0.4, -0.2) is 0 Å². The Morgan fingerprint density at radius 3 is 0.500 bits per heavy atom. The maximum Gasteiger partial charge on any atom is 0.0462 e. The van der Waals surface area contributed by atoms with Crippen LogP contribution in [0.1, 0.15) is 1.43 Å². The number of nitrogens with zero attached hydrogens (tertiary/aromatic N) is 2. The van der Waals surface area contributed by atoms with Gasteiger partial charge in [0.05, 0.1) is 0 Å². The molecule has 0 aliphatic rings.